The van der Waals surface area contributed by atoms with Crippen molar-refractivity contribution in [2.75, 3.05) is 13.1 Å². The first-order valence-corrected chi connectivity index (χ1v) is 8.80. The predicted molar refractivity (Wildman–Crippen MR) is 92.4 cm³/mol. The maximum Gasteiger partial charge on any atom is 0.303 e. The third kappa shape index (κ3) is 4.67. The smallest absolute Gasteiger partial charge is 0.303 e. The van der Waals surface area contributed by atoms with Crippen LogP contribution < -0.4 is 0 Å². The Bertz CT molecular complexity index is 542. The standard InChI is InChI=1S/C15H17BrINO3/c16-11-2-3-13(17)12(9-11)15(21)18-7-5-10(6-8-18)1-4-14(19)20/h2-3,9-10H,1,4-8H2,(H,19,20). The molecule has 1 aromatic rings. The molecule has 1 aliphatic heterocycles. The quantitative estimate of drug-likeness (QED) is 0.688. The molecule has 1 fully saturated rings. The van der Waals surface area contributed by atoms with Gasteiger partial charge in [-0.1, -0.05) is 15.9 Å². The van der Waals surface area contributed by atoms with Crippen molar-refractivity contribution in [3.8, 4) is 0 Å². The minimum atomic E-state index is -0.739. The van der Waals surface area contributed by atoms with Crippen LogP contribution in [0.4, 0.5) is 0 Å². The lowest BCUT2D eigenvalue weighted by molar-refractivity contribution is -0.137. The molecule has 0 radical (unpaired) electrons. The summed E-state index contributed by atoms with van der Waals surface area (Å²) in [5, 5.41) is 8.72. The molecule has 0 atom stereocenters. The fourth-order valence-corrected chi connectivity index (χ4v) is 3.51. The van der Waals surface area contributed by atoms with Crippen molar-refractivity contribution >= 4 is 50.4 Å². The molecule has 1 N–H and O–H groups in total. The topological polar surface area (TPSA) is 57.6 Å². The fraction of sp³-hybridized carbons (Fsp3) is 0.467. The van der Waals surface area contributed by atoms with Gasteiger partial charge in [0.25, 0.3) is 5.91 Å². The molecule has 0 bridgehead atoms. The molecular weight excluding hydrogens is 449 g/mol. The third-order valence-electron chi connectivity index (χ3n) is 3.83. The van der Waals surface area contributed by atoms with Gasteiger partial charge in [0.2, 0.25) is 0 Å². The summed E-state index contributed by atoms with van der Waals surface area (Å²) in [5.74, 6) is -0.249. The number of aliphatic carboxylic acids is 1. The minimum absolute atomic E-state index is 0.0670. The van der Waals surface area contributed by atoms with Crippen molar-refractivity contribution in [1.82, 2.24) is 4.90 Å². The molecule has 0 unspecified atom stereocenters. The first kappa shape index (κ1) is 16.7. The van der Waals surface area contributed by atoms with Gasteiger partial charge in [0, 0.05) is 27.6 Å². The second kappa shape index (κ2) is 7.58. The van der Waals surface area contributed by atoms with E-state index < -0.39 is 5.97 Å². The Balaban J connectivity index is 1.94. The predicted octanol–water partition coefficient (Wildman–Crippen LogP) is 3.77. The largest absolute Gasteiger partial charge is 0.481 e. The molecule has 0 aromatic heterocycles. The molecular formula is C15H17BrINO3. The lowest BCUT2D eigenvalue weighted by atomic mass is 9.92. The summed E-state index contributed by atoms with van der Waals surface area (Å²) in [6, 6.07) is 5.72. The first-order chi connectivity index (χ1) is 9.97. The Labute approximate surface area is 146 Å². The van der Waals surface area contributed by atoms with Gasteiger partial charge in [-0.15, -0.1) is 0 Å². The normalized spacial score (nSPS) is 16.0. The van der Waals surface area contributed by atoms with Gasteiger partial charge < -0.3 is 10.0 Å². The maximum absolute atomic E-state index is 12.6. The zero-order chi connectivity index (χ0) is 15.4. The SMILES string of the molecule is O=C(O)CCC1CCN(C(=O)c2cc(Br)ccc2I)CC1. The van der Waals surface area contributed by atoms with Gasteiger partial charge in [-0.25, -0.2) is 0 Å². The number of carboxylic acids is 1. The summed E-state index contributed by atoms with van der Waals surface area (Å²) in [6.45, 7) is 1.43. The van der Waals surface area contributed by atoms with E-state index in [-0.39, 0.29) is 12.3 Å². The lowest BCUT2D eigenvalue weighted by Gasteiger charge is -2.32. The second-order valence-electron chi connectivity index (χ2n) is 5.29. The molecule has 1 saturated heterocycles. The number of carbonyl (C=O) groups is 2. The van der Waals surface area contributed by atoms with Gasteiger partial charge in [-0.3, -0.25) is 9.59 Å². The van der Waals surface area contributed by atoms with Crippen LogP contribution in [0.3, 0.4) is 0 Å². The molecule has 4 nitrogen and oxygen atoms in total. The van der Waals surface area contributed by atoms with Gasteiger partial charge in [-0.05, 0) is 66.0 Å². The Morgan fingerprint density at radius 3 is 2.62 bits per heavy atom. The van der Waals surface area contributed by atoms with E-state index in [4.69, 9.17) is 5.11 Å². The maximum atomic E-state index is 12.6. The summed E-state index contributed by atoms with van der Waals surface area (Å²) in [6.07, 6.45) is 2.72. The molecule has 0 aliphatic carbocycles. The summed E-state index contributed by atoms with van der Waals surface area (Å²) in [7, 11) is 0. The average molecular weight is 466 g/mol. The van der Waals surface area contributed by atoms with Crippen LogP contribution in [0.2, 0.25) is 0 Å². The Kier molecular flexibility index (Phi) is 6.04. The highest BCUT2D eigenvalue weighted by Gasteiger charge is 2.25. The van der Waals surface area contributed by atoms with Crippen LogP contribution in [0.1, 0.15) is 36.0 Å². The van der Waals surface area contributed by atoms with Crippen molar-refractivity contribution in [2.24, 2.45) is 5.92 Å². The summed E-state index contributed by atoms with van der Waals surface area (Å²) < 4.78 is 1.86. The van der Waals surface area contributed by atoms with E-state index in [2.05, 4.69) is 38.5 Å². The average Bonchev–Trinajstić information content (AvgIpc) is 2.47. The Morgan fingerprint density at radius 1 is 1.33 bits per heavy atom. The molecule has 1 aromatic carbocycles. The number of hydrogen-bond acceptors (Lipinski definition) is 2. The molecule has 0 saturated carbocycles. The minimum Gasteiger partial charge on any atom is -0.481 e. The number of benzene rings is 1. The number of nitrogens with zero attached hydrogens (tertiary/aromatic N) is 1. The number of likely N-dealkylation sites (tertiary alicyclic amines) is 1. The van der Waals surface area contributed by atoms with E-state index in [0.717, 1.165) is 26.4 Å². The Morgan fingerprint density at radius 2 is 2.00 bits per heavy atom. The summed E-state index contributed by atoms with van der Waals surface area (Å²) in [4.78, 5) is 25.0. The zero-order valence-electron chi connectivity index (χ0n) is 11.5. The number of amides is 1. The van der Waals surface area contributed by atoms with Crippen LogP contribution in [0.25, 0.3) is 0 Å². The molecule has 114 valence electrons. The van der Waals surface area contributed by atoms with Crippen LogP contribution in [-0.4, -0.2) is 35.0 Å². The summed E-state index contributed by atoms with van der Waals surface area (Å²) in [5.41, 5.74) is 0.731. The highest BCUT2D eigenvalue weighted by molar-refractivity contribution is 14.1. The van der Waals surface area contributed by atoms with Crippen molar-refractivity contribution in [3.05, 3.63) is 31.8 Å². The second-order valence-corrected chi connectivity index (χ2v) is 7.37. The highest BCUT2D eigenvalue weighted by atomic mass is 127. The molecule has 1 aliphatic rings. The van der Waals surface area contributed by atoms with Crippen molar-refractivity contribution < 1.29 is 14.7 Å². The van der Waals surface area contributed by atoms with Crippen LogP contribution in [0, 0.1) is 9.49 Å². The highest BCUT2D eigenvalue weighted by Crippen LogP contribution is 2.25. The van der Waals surface area contributed by atoms with E-state index >= 15 is 0 Å². The van der Waals surface area contributed by atoms with Gasteiger partial charge in [0.05, 0.1) is 5.56 Å². The van der Waals surface area contributed by atoms with E-state index in [1.165, 1.54) is 0 Å². The molecule has 1 amide bonds. The summed E-state index contributed by atoms with van der Waals surface area (Å²) >= 11 is 5.58. The molecule has 2 rings (SSSR count). The lowest BCUT2D eigenvalue weighted by Crippen LogP contribution is -2.38. The molecule has 21 heavy (non-hydrogen) atoms. The van der Waals surface area contributed by atoms with Crippen LogP contribution in [-0.2, 0) is 4.79 Å². The number of piperidine rings is 1. The number of hydrogen-bond donors (Lipinski definition) is 1. The van der Waals surface area contributed by atoms with Crippen molar-refractivity contribution in [1.29, 1.82) is 0 Å². The van der Waals surface area contributed by atoms with Crippen molar-refractivity contribution in [3.63, 3.8) is 0 Å². The van der Waals surface area contributed by atoms with E-state index in [0.29, 0.717) is 25.4 Å². The zero-order valence-corrected chi connectivity index (χ0v) is 15.3. The Hall–Kier alpha value is -0.630. The number of rotatable bonds is 4. The molecule has 0 spiro atoms. The van der Waals surface area contributed by atoms with Crippen molar-refractivity contribution in [2.45, 2.75) is 25.7 Å². The van der Waals surface area contributed by atoms with E-state index in [1.807, 2.05) is 23.1 Å². The van der Waals surface area contributed by atoms with Crippen LogP contribution >= 0.6 is 38.5 Å². The number of carboxylic acid groups (broad SMARTS) is 1. The van der Waals surface area contributed by atoms with Gasteiger partial charge in [-0.2, -0.15) is 0 Å². The van der Waals surface area contributed by atoms with Gasteiger partial charge in [0.1, 0.15) is 0 Å². The molecule has 6 heteroatoms. The fourth-order valence-electron chi connectivity index (χ4n) is 2.58. The molecule has 1 heterocycles. The number of carbonyl (C=O) groups excluding carboxylic acids is 1. The van der Waals surface area contributed by atoms with Gasteiger partial charge >= 0.3 is 5.97 Å². The van der Waals surface area contributed by atoms with E-state index in [1.54, 1.807) is 0 Å². The van der Waals surface area contributed by atoms with E-state index in [9.17, 15) is 9.59 Å². The monoisotopic (exact) mass is 465 g/mol. The van der Waals surface area contributed by atoms with Gasteiger partial charge in [0.15, 0.2) is 0 Å². The first-order valence-electron chi connectivity index (χ1n) is 6.93. The van der Waals surface area contributed by atoms with Crippen LogP contribution in [0.5, 0.6) is 0 Å². The van der Waals surface area contributed by atoms with Crippen LogP contribution in [0.15, 0.2) is 22.7 Å². The third-order valence-corrected chi connectivity index (χ3v) is 5.26. The number of halogens is 2.